The predicted molar refractivity (Wildman–Crippen MR) is 88.4 cm³/mol. The zero-order chi connectivity index (χ0) is 16.4. The lowest BCUT2D eigenvalue weighted by atomic mass is 9.91. The number of phenols is 1. The maximum absolute atomic E-state index is 11.9. The Balaban J connectivity index is 2.58. The van der Waals surface area contributed by atoms with Gasteiger partial charge in [0.15, 0.2) is 0 Å². The van der Waals surface area contributed by atoms with Gasteiger partial charge in [0.05, 0.1) is 12.7 Å². The van der Waals surface area contributed by atoms with Gasteiger partial charge >= 0.3 is 5.97 Å². The van der Waals surface area contributed by atoms with E-state index in [1.165, 1.54) is 7.11 Å². The highest BCUT2D eigenvalue weighted by Crippen LogP contribution is 2.32. The molecular formula is C19H22O3. The Hall–Kier alpha value is -2.29. The molecule has 0 heterocycles. The molecule has 0 spiro atoms. The number of aromatic hydroxyl groups is 1. The van der Waals surface area contributed by atoms with Crippen LogP contribution in [0.15, 0.2) is 30.3 Å². The van der Waals surface area contributed by atoms with E-state index in [-0.39, 0.29) is 11.9 Å². The number of aryl methyl sites for hydroxylation is 2. The van der Waals surface area contributed by atoms with E-state index < -0.39 is 0 Å². The van der Waals surface area contributed by atoms with Crippen LogP contribution in [0.4, 0.5) is 0 Å². The summed E-state index contributed by atoms with van der Waals surface area (Å²) in [6.45, 7) is 7.88. The Labute approximate surface area is 131 Å². The van der Waals surface area contributed by atoms with Crippen molar-refractivity contribution in [1.29, 1.82) is 0 Å². The third-order valence-electron chi connectivity index (χ3n) is 3.90. The molecule has 2 rings (SSSR count). The average molecular weight is 298 g/mol. The molecule has 0 unspecified atom stereocenters. The topological polar surface area (TPSA) is 46.5 Å². The van der Waals surface area contributed by atoms with Crippen LogP contribution in [0, 0.1) is 13.8 Å². The summed E-state index contributed by atoms with van der Waals surface area (Å²) in [4.78, 5) is 11.9. The van der Waals surface area contributed by atoms with Gasteiger partial charge in [0.1, 0.15) is 5.75 Å². The number of methoxy groups -OCH3 is 1. The van der Waals surface area contributed by atoms with Crippen LogP contribution in [-0.4, -0.2) is 18.2 Å². The molecule has 116 valence electrons. The molecule has 0 saturated carbocycles. The van der Waals surface area contributed by atoms with Crippen molar-refractivity contribution in [2.75, 3.05) is 7.11 Å². The zero-order valence-corrected chi connectivity index (χ0v) is 13.7. The highest BCUT2D eigenvalue weighted by atomic mass is 16.5. The average Bonchev–Trinajstić information content (AvgIpc) is 2.50. The summed E-state index contributed by atoms with van der Waals surface area (Å²) in [6.07, 6.45) is 0. The van der Waals surface area contributed by atoms with Gasteiger partial charge in [-0.05, 0) is 65.8 Å². The molecule has 0 radical (unpaired) electrons. The van der Waals surface area contributed by atoms with Gasteiger partial charge in [0.25, 0.3) is 0 Å². The first-order valence-corrected chi connectivity index (χ1v) is 7.38. The quantitative estimate of drug-likeness (QED) is 0.843. The van der Waals surface area contributed by atoms with Crippen molar-refractivity contribution in [2.24, 2.45) is 0 Å². The maximum Gasteiger partial charge on any atom is 0.338 e. The number of hydrogen-bond acceptors (Lipinski definition) is 3. The Morgan fingerprint density at radius 2 is 1.64 bits per heavy atom. The van der Waals surface area contributed by atoms with Gasteiger partial charge in [-0.2, -0.15) is 0 Å². The second-order valence-corrected chi connectivity index (χ2v) is 5.91. The lowest BCUT2D eigenvalue weighted by molar-refractivity contribution is 0.0599. The van der Waals surface area contributed by atoms with Gasteiger partial charge in [-0.15, -0.1) is 0 Å². The maximum atomic E-state index is 11.9. The Morgan fingerprint density at radius 1 is 1.05 bits per heavy atom. The van der Waals surface area contributed by atoms with Gasteiger partial charge < -0.3 is 9.84 Å². The summed E-state index contributed by atoms with van der Waals surface area (Å²) in [5.41, 5.74) is 5.33. The monoisotopic (exact) mass is 298 g/mol. The fourth-order valence-corrected chi connectivity index (χ4v) is 2.64. The van der Waals surface area contributed by atoms with Crippen LogP contribution in [0.1, 0.15) is 46.8 Å². The van der Waals surface area contributed by atoms with Crippen molar-refractivity contribution in [1.82, 2.24) is 0 Å². The van der Waals surface area contributed by atoms with Crippen molar-refractivity contribution in [3.05, 3.63) is 52.6 Å². The number of carbonyl (C=O) groups is 1. The lowest BCUT2D eigenvalue weighted by Gasteiger charge is -2.14. The van der Waals surface area contributed by atoms with E-state index in [1.807, 2.05) is 44.2 Å². The van der Waals surface area contributed by atoms with E-state index in [1.54, 1.807) is 0 Å². The number of ether oxygens (including phenoxy) is 1. The number of esters is 1. The number of hydrogen-bond donors (Lipinski definition) is 1. The Morgan fingerprint density at radius 3 is 2.14 bits per heavy atom. The molecule has 3 heteroatoms. The molecule has 0 aliphatic carbocycles. The standard InChI is InChI=1S/C19H22O3/c1-11(2)17-10-14(6-7-16(17)19(21)22-5)15-8-12(3)18(20)13(4)9-15/h6-11,20H,1-5H3. The first kappa shape index (κ1) is 16.1. The minimum Gasteiger partial charge on any atom is -0.507 e. The molecule has 0 atom stereocenters. The van der Waals surface area contributed by atoms with Crippen LogP contribution < -0.4 is 0 Å². The van der Waals surface area contributed by atoms with Crippen molar-refractivity contribution in [3.8, 4) is 16.9 Å². The second-order valence-electron chi connectivity index (χ2n) is 5.91. The van der Waals surface area contributed by atoms with Crippen LogP contribution in [0.2, 0.25) is 0 Å². The smallest absolute Gasteiger partial charge is 0.338 e. The van der Waals surface area contributed by atoms with Gasteiger partial charge in [0, 0.05) is 0 Å². The van der Waals surface area contributed by atoms with Gasteiger partial charge in [-0.25, -0.2) is 4.79 Å². The molecular weight excluding hydrogens is 276 g/mol. The highest BCUT2D eigenvalue weighted by molar-refractivity contribution is 5.92. The summed E-state index contributed by atoms with van der Waals surface area (Å²) in [5.74, 6) is 0.237. The third kappa shape index (κ3) is 2.98. The number of rotatable bonds is 3. The van der Waals surface area contributed by atoms with E-state index in [0.717, 1.165) is 27.8 Å². The molecule has 2 aromatic rings. The largest absolute Gasteiger partial charge is 0.507 e. The lowest BCUT2D eigenvalue weighted by Crippen LogP contribution is -2.07. The molecule has 0 aliphatic rings. The zero-order valence-electron chi connectivity index (χ0n) is 13.7. The van der Waals surface area contributed by atoms with Crippen LogP contribution in [0.5, 0.6) is 5.75 Å². The van der Waals surface area contributed by atoms with Crippen LogP contribution in [0.3, 0.4) is 0 Å². The minimum atomic E-state index is -0.312. The molecule has 22 heavy (non-hydrogen) atoms. The number of phenolic OH excluding ortho intramolecular Hbond substituents is 1. The fourth-order valence-electron chi connectivity index (χ4n) is 2.64. The normalized spacial score (nSPS) is 10.8. The first-order valence-electron chi connectivity index (χ1n) is 7.38. The minimum absolute atomic E-state index is 0.216. The molecule has 0 bridgehead atoms. The van der Waals surface area contributed by atoms with Gasteiger partial charge in [0.2, 0.25) is 0 Å². The summed E-state index contributed by atoms with van der Waals surface area (Å²) in [5, 5.41) is 9.91. The van der Waals surface area contributed by atoms with E-state index in [4.69, 9.17) is 4.74 Å². The number of carbonyl (C=O) groups excluding carboxylic acids is 1. The predicted octanol–water partition coefficient (Wildman–Crippen LogP) is 4.59. The van der Waals surface area contributed by atoms with Gasteiger partial charge in [-0.1, -0.05) is 26.0 Å². The summed E-state index contributed by atoms with van der Waals surface area (Å²) < 4.78 is 4.85. The summed E-state index contributed by atoms with van der Waals surface area (Å²) in [6, 6.07) is 9.68. The second kappa shape index (κ2) is 6.22. The van der Waals surface area contributed by atoms with Gasteiger partial charge in [-0.3, -0.25) is 0 Å². The molecule has 1 N–H and O–H groups in total. The SMILES string of the molecule is COC(=O)c1ccc(-c2cc(C)c(O)c(C)c2)cc1C(C)C. The molecule has 0 aliphatic heterocycles. The summed E-state index contributed by atoms with van der Waals surface area (Å²) in [7, 11) is 1.40. The number of benzene rings is 2. The van der Waals surface area contributed by atoms with Crippen molar-refractivity contribution >= 4 is 5.97 Å². The molecule has 2 aromatic carbocycles. The van der Waals surface area contributed by atoms with Crippen molar-refractivity contribution < 1.29 is 14.6 Å². The summed E-state index contributed by atoms with van der Waals surface area (Å²) >= 11 is 0. The van der Waals surface area contributed by atoms with Crippen LogP contribution in [-0.2, 0) is 4.74 Å². The Kier molecular flexibility index (Phi) is 4.55. The highest BCUT2D eigenvalue weighted by Gasteiger charge is 2.16. The molecule has 0 fully saturated rings. The van der Waals surface area contributed by atoms with E-state index in [0.29, 0.717) is 11.3 Å². The van der Waals surface area contributed by atoms with Crippen LogP contribution >= 0.6 is 0 Å². The molecule has 0 aromatic heterocycles. The molecule has 3 nitrogen and oxygen atoms in total. The van der Waals surface area contributed by atoms with Crippen molar-refractivity contribution in [2.45, 2.75) is 33.6 Å². The van der Waals surface area contributed by atoms with Crippen molar-refractivity contribution in [3.63, 3.8) is 0 Å². The molecule has 0 amide bonds. The fraction of sp³-hybridized carbons (Fsp3) is 0.316. The van der Waals surface area contributed by atoms with E-state index in [2.05, 4.69) is 13.8 Å². The van der Waals surface area contributed by atoms with E-state index >= 15 is 0 Å². The first-order chi connectivity index (χ1) is 10.3. The van der Waals surface area contributed by atoms with Crippen LogP contribution in [0.25, 0.3) is 11.1 Å². The Bertz CT molecular complexity index is 692. The molecule has 0 saturated heterocycles. The van der Waals surface area contributed by atoms with E-state index in [9.17, 15) is 9.90 Å². The third-order valence-corrected chi connectivity index (χ3v) is 3.90.